The van der Waals surface area contributed by atoms with Gasteiger partial charge in [0, 0.05) is 26.2 Å². The number of carbonyl (C=O) groups is 1. The Morgan fingerprint density at radius 2 is 2.15 bits per heavy atom. The van der Waals surface area contributed by atoms with Gasteiger partial charge in [-0.3, -0.25) is 9.69 Å². The average molecular weight is 462 g/mol. The monoisotopic (exact) mass is 462 g/mol. The van der Waals surface area contributed by atoms with E-state index >= 15 is 0 Å². The first-order chi connectivity index (χ1) is 16.5. The molecule has 0 bridgehead atoms. The van der Waals surface area contributed by atoms with Crippen molar-refractivity contribution in [1.82, 2.24) is 35.0 Å². The van der Waals surface area contributed by atoms with Crippen LogP contribution in [-0.2, 0) is 16.0 Å². The molecular formula is C23H23FN8O2. The molecule has 2 fully saturated rings. The largest absolute Gasteiger partial charge is 0.370 e. The van der Waals surface area contributed by atoms with E-state index in [1.54, 1.807) is 19.1 Å². The number of carbonyl (C=O) groups excluding carboxylic acids is 1. The van der Waals surface area contributed by atoms with E-state index in [0.717, 1.165) is 12.1 Å². The van der Waals surface area contributed by atoms with Crippen molar-refractivity contribution in [2.24, 2.45) is 0 Å². The van der Waals surface area contributed by atoms with Crippen LogP contribution in [0.1, 0.15) is 28.5 Å². The normalized spacial score (nSPS) is 20.6. The number of fused-ring (bicyclic) bond motifs is 1. The third-order valence-electron chi connectivity index (χ3n) is 6.47. The Hall–Kier alpha value is -3.75. The third-order valence-corrected chi connectivity index (χ3v) is 6.47. The van der Waals surface area contributed by atoms with Crippen LogP contribution in [0.25, 0.3) is 5.82 Å². The van der Waals surface area contributed by atoms with Gasteiger partial charge in [-0.05, 0) is 46.7 Å². The van der Waals surface area contributed by atoms with Crippen LogP contribution < -0.4 is 0 Å². The van der Waals surface area contributed by atoms with Gasteiger partial charge in [0.15, 0.2) is 5.82 Å². The van der Waals surface area contributed by atoms with Gasteiger partial charge < -0.3 is 9.64 Å². The first kappa shape index (κ1) is 22.1. The molecule has 1 amide bonds. The summed E-state index contributed by atoms with van der Waals surface area (Å²) in [6.45, 7) is 4.76. The summed E-state index contributed by atoms with van der Waals surface area (Å²) in [5, 5.41) is 20.3. The number of morpholine rings is 1. The van der Waals surface area contributed by atoms with Crippen molar-refractivity contribution in [1.29, 1.82) is 5.26 Å². The van der Waals surface area contributed by atoms with Gasteiger partial charge in [-0.1, -0.05) is 12.1 Å². The highest BCUT2D eigenvalue weighted by molar-refractivity contribution is 5.78. The lowest BCUT2D eigenvalue weighted by Crippen LogP contribution is -2.59. The Morgan fingerprint density at radius 1 is 1.26 bits per heavy atom. The van der Waals surface area contributed by atoms with Gasteiger partial charge in [0.2, 0.25) is 5.91 Å². The van der Waals surface area contributed by atoms with E-state index < -0.39 is 5.82 Å². The molecule has 0 radical (unpaired) electrons. The molecule has 5 rings (SSSR count). The number of nitrogens with zero attached hydrogens (tertiary/aromatic N) is 8. The number of tetrazole rings is 1. The smallest absolute Gasteiger partial charge is 0.228 e. The van der Waals surface area contributed by atoms with Crippen molar-refractivity contribution in [2.45, 2.75) is 25.5 Å². The third kappa shape index (κ3) is 4.25. The average Bonchev–Trinajstić information content (AvgIpc) is 3.39. The van der Waals surface area contributed by atoms with Crippen molar-refractivity contribution in [3.8, 4) is 11.9 Å². The second-order valence-electron chi connectivity index (χ2n) is 8.48. The summed E-state index contributed by atoms with van der Waals surface area (Å²) >= 11 is 0. The van der Waals surface area contributed by atoms with Crippen LogP contribution >= 0.6 is 0 Å². The van der Waals surface area contributed by atoms with E-state index in [2.05, 4.69) is 25.4 Å². The molecular weight excluding hydrogens is 439 g/mol. The maximum atomic E-state index is 13.9. The first-order valence-electron chi connectivity index (χ1n) is 11.1. The van der Waals surface area contributed by atoms with Gasteiger partial charge in [0.25, 0.3) is 0 Å². The van der Waals surface area contributed by atoms with Gasteiger partial charge in [-0.2, -0.15) is 9.94 Å². The fourth-order valence-electron chi connectivity index (χ4n) is 4.61. The number of hydrogen-bond donors (Lipinski definition) is 0. The van der Waals surface area contributed by atoms with E-state index in [1.165, 1.54) is 17.1 Å². The molecule has 1 aromatic carbocycles. The maximum absolute atomic E-state index is 13.9. The zero-order chi connectivity index (χ0) is 23.7. The van der Waals surface area contributed by atoms with Crippen LogP contribution in [0.3, 0.4) is 0 Å². The highest BCUT2D eigenvalue weighted by Gasteiger charge is 2.36. The number of pyridine rings is 1. The Kier molecular flexibility index (Phi) is 6.00. The minimum absolute atomic E-state index is 0.0104. The summed E-state index contributed by atoms with van der Waals surface area (Å²) < 4.78 is 21.5. The number of nitriles is 1. The molecule has 2 saturated heterocycles. The summed E-state index contributed by atoms with van der Waals surface area (Å²) in [7, 11) is 0. The number of rotatable bonds is 4. The second-order valence-corrected chi connectivity index (χ2v) is 8.48. The molecule has 11 heteroatoms. The van der Waals surface area contributed by atoms with E-state index in [0.29, 0.717) is 43.3 Å². The van der Waals surface area contributed by atoms with Crippen LogP contribution in [-0.4, -0.2) is 79.7 Å². The predicted octanol–water partition coefficient (Wildman–Crippen LogP) is 1.20. The minimum Gasteiger partial charge on any atom is -0.370 e. The van der Waals surface area contributed by atoms with Crippen LogP contribution in [0.5, 0.6) is 0 Å². The molecule has 2 atom stereocenters. The molecule has 0 saturated carbocycles. The van der Waals surface area contributed by atoms with E-state index in [9.17, 15) is 14.4 Å². The number of hydrogen-bond acceptors (Lipinski definition) is 8. The van der Waals surface area contributed by atoms with Crippen LogP contribution in [0.15, 0.2) is 36.7 Å². The molecule has 0 unspecified atom stereocenters. The molecule has 4 heterocycles. The molecule has 0 spiro atoms. The zero-order valence-corrected chi connectivity index (χ0v) is 18.6. The fourth-order valence-corrected chi connectivity index (χ4v) is 4.61. The lowest BCUT2D eigenvalue weighted by atomic mass is 9.96. The number of halogens is 1. The number of piperazine rings is 1. The maximum Gasteiger partial charge on any atom is 0.228 e. The first-order valence-corrected chi connectivity index (χ1v) is 11.1. The highest BCUT2D eigenvalue weighted by Crippen LogP contribution is 2.31. The summed E-state index contributed by atoms with van der Waals surface area (Å²) in [4.78, 5) is 21.6. The Labute approximate surface area is 195 Å². The van der Waals surface area contributed by atoms with E-state index in [-0.39, 0.29) is 30.0 Å². The Balaban J connectivity index is 1.22. The molecule has 10 nitrogen and oxygen atoms in total. The quantitative estimate of drug-likeness (QED) is 0.569. The van der Waals surface area contributed by atoms with Crippen molar-refractivity contribution in [2.75, 3.05) is 32.8 Å². The Morgan fingerprint density at radius 3 is 2.94 bits per heavy atom. The predicted molar refractivity (Wildman–Crippen MR) is 117 cm³/mol. The number of amides is 1. The van der Waals surface area contributed by atoms with E-state index in [4.69, 9.17) is 4.74 Å². The van der Waals surface area contributed by atoms with E-state index in [1.807, 2.05) is 23.1 Å². The molecule has 2 aromatic heterocycles. The summed E-state index contributed by atoms with van der Waals surface area (Å²) in [5.41, 5.74) is 2.18. The minimum atomic E-state index is -0.512. The van der Waals surface area contributed by atoms with Gasteiger partial charge in [0.05, 0.1) is 36.4 Å². The second kappa shape index (κ2) is 9.24. The molecule has 34 heavy (non-hydrogen) atoms. The molecule has 0 N–H and O–H groups in total. The van der Waals surface area contributed by atoms with Crippen molar-refractivity contribution < 1.29 is 13.9 Å². The number of aromatic nitrogens is 5. The summed E-state index contributed by atoms with van der Waals surface area (Å²) in [6, 6.07) is 10.5. The number of benzene rings is 1. The van der Waals surface area contributed by atoms with Crippen LogP contribution in [0, 0.1) is 24.1 Å². The molecule has 3 aromatic rings. The topological polar surface area (TPSA) is 113 Å². The summed E-state index contributed by atoms with van der Waals surface area (Å²) in [6.07, 6.45) is 1.42. The van der Waals surface area contributed by atoms with Crippen molar-refractivity contribution in [3.63, 3.8) is 0 Å². The van der Waals surface area contributed by atoms with Crippen molar-refractivity contribution >= 4 is 5.91 Å². The highest BCUT2D eigenvalue weighted by atomic mass is 19.1. The Bertz CT molecular complexity index is 1240. The number of ether oxygens (including phenoxy) is 1. The lowest BCUT2D eigenvalue weighted by molar-refractivity contribution is -0.139. The zero-order valence-electron chi connectivity index (χ0n) is 18.6. The molecule has 2 aliphatic rings. The molecule has 0 aliphatic carbocycles. The fraction of sp³-hybridized carbons (Fsp3) is 0.391. The van der Waals surface area contributed by atoms with Gasteiger partial charge >= 0.3 is 0 Å². The lowest BCUT2D eigenvalue weighted by Gasteiger charge is -2.46. The van der Waals surface area contributed by atoms with Crippen LogP contribution in [0.4, 0.5) is 4.39 Å². The standard InChI is InChI=1S/C23H23FN8O2/c1-15-18(5-6-20(24)19(15)10-25)21-12-30-7-8-31(11-17(30)13-34-21)23(33)9-16-3-2-4-22(27-16)32-14-26-28-29-32/h2-6,14,17,21H,7-9,11-13H2,1H3/t17-,21-/m1/s1. The molecule has 2 aliphatic heterocycles. The summed E-state index contributed by atoms with van der Waals surface area (Å²) in [5.74, 6) is 0.0567. The van der Waals surface area contributed by atoms with Crippen LogP contribution in [0.2, 0.25) is 0 Å². The molecule has 174 valence electrons. The van der Waals surface area contributed by atoms with Crippen molar-refractivity contribution in [3.05, 3.63) is 64.9 Å². The van der Waals surface area contributed by atoms with Gasteiger partial charge in [0.1, 0.15) is 18.2 Å². The van der Waals surface area contributed by atoms with Gasteiger partial charge in [-0.15, -0.1) is 5.10 Å². The van der Waals surface area contributed by atoms with Gasteiger partial charge in [-0.25, -0.2) is 9.37 Å². The SMILES string of the molecule is Cc1c([C@H]2CN3CCN(C(=O)Cc4cccc(-n5cnnn5)n4)C[C@@H]3CO2)ccc(F)c1C#N.